The predicted octanol–water partition coefficient (Wildman–Crippen LogP) is 1.71. The van der Waals surface area contributed by atoms with Crippen molar-refractivity contribution in [2.24, 2.45) is 5.73 Å². The summed E-state index contributed by atoms with van der Waals surface area (Å²) in [7, 11) is 0. The molecule has 0 radical (unpaired) electrons. The van der Waals surface area contributed by atoms with E-state index in [1.54, 1.807) is 6.20 Å². The van der Waals surface area contributed by atoms with E-state index in [0.29, 0.717) is 12.2 Å². The van der Waals surface area contributed by atoms with Gasteiger partial charge in [-0.15, -0.1) is 0 Å². The van der Waals surface area contributed by atoms with Crippen LogP contribution in [0.2, 0.25) is 0 Å². The number of nitrogens with two attached hydrogens (primary N) is 1. The van der Waals surface area contributed by atoms with Gasteiger partial charge in [-0.1, -0.05) is 12.1 Å². The van der Waals surface area contributed by atoms with Gasteiger partial charge < -0.3 is 16.0 Å². The summed E-state index contributed by atoms with van der Waals surface area (Å²) in [5, 5.41) is 2.80. The van der Waals surface area contributed by atoms with Gasteiger partial charge in [-0.3, -0.25) is 4.79 Å². The van der Waals surface area contributed by atoms with Gasteiger partial charge in [-0.2, -0.15) is 0 Å². The summed E-state index contributed by atoms with van der Waals surface area (Å²) < 4.78 is 0.797. The number of rotatable bonds is 2. The van der Waals surface area contributed by atoms with Gasteiger partial charge in [-0.05, 0) is 33.1 Å². The molecule has 1 atom stereocenters. The van der Waals surface area contributed by atoms with Crippen molar-refractivity contribution >= 4 is 27.5 Å². The van der Waals surface area contributed by atoms with Gasteiger partial charge in [0.15, 0.2) is 0 Å². The van der Waals surface area contributed by atoms with E-state index in [-0.39, 0.29) is 11.9 Å². The van der Waals surface area contributed by atoms with Crippen LogP contribution in [-0.2, 0) is 11.2 Å². The Morgan fingerprint density at radius 2 is 2.28 bits per heavy atom. The summed E-state index contributed by atoms with van der Waals surface area (Å²) in [4.78, 5) is 18.5. The number of hydrogen-bond donors (Lipinski definition) is 3. The molecule has 2 aromatic rings. The highest BCUT2D eigenvalue weighted by Crippen LogP contribution is 2.27. The molecule has 6 heteroatoms. The maximum atomic E-state index is 11.3. The molecule has 0 spiro atoms. The molecular formula is C12H11BrN4O. The van der Waals surface area contributed by atoms with Crippen molar-refractivity contribution in [1.29, 1.82) is 0 Å². The first-order valence-electron chi connectivity index (χ1n) is 5.52. The van der Waals surface area contributed by atoms with E-state index < -0.39 is 0 Å². The van der Waals surface area contributed by atoms with Crippen molar-refractivity contribution in [3.63, 3.8) is 0 Å². The SMILES string of the molecule is NC(c1ccc2c(c1)CC(=O)N2)c1ncc(Br)[nH]1. The van der Waals surface area contributed by atoms with Crippen molar-refractivity contribution < 1.29 is 4.79 Å². The molecule has 1 aromatic heterocycles. The summed E-state index contributed by atoms with van der Waals surface area (Å²) >= 11 is 3.30. The number of benzene rings is 1. The largest absolute Gasteiger partial charge is 0.335 e. The highest BCUT2D eigenvalue weighted by Gasteiger charge is 2.20. The first-order valence-corrected chi connectivity index (χ1v) is 6.31. The van der Waals surface area contributed by atoms with Crippen LogP contribution in [0.3, 0.4) is 0 Å². The van der Waals surface area contributed by atoms with E-state index in [1.807, 2.05) is 18.2 Å². The average molecular weight is 307 g/mol. The number of nitrogens with zero attached hydrogens (tertiary/aromatic N) is 1. The third-order valence-corrected chi connectivity index (χ3v) is 3.38. The van der Waals surface area contributed by atoms with Crippen LogP contribution < -0.4 is 11.1 Å². The Morgan fingerprint density at radius 1 is 1.44 bits per heavy atom. The topological polar surface area (TPSA) is 83.8 Å². The molecule has 2 heterocycles. The zero-order valence-corrected chi connectivity index (χ0v) is 11.0. The maximum absolute atomic E-state index is 11.3. The minimum absolute atomic E-state index is 0.0245. The quantitative estimate of drug-likeness (QED) is 0.790. The molecule has 92 valence electrons. The number of halogens is 1. The fourth-order valence-corrected chi connectivity index (χ4v) is 2.38. The summed E-state index contributed by atoms with van der Waals surface area (Å²) in [5.74, 6) is 0.718. The van der Waals surface area contributed by atoms with Crippen LogP contribution in [0.15, 0.2) is 29.0 Å². The number of nitrogens with one attached hydrogen (secondary N) is 2. The Kier molecular flexibility index (Phi) is 2.68. The molecular weight excluding hydrogens is 296 g/mol. The number of amides is 1. The number of H-pyrrole nitrogens is 1. The lowest BCUT2D eigenvalue weighted by atomic mass is 10.0. The second-order valence-electron chi connectivity index (χ2n) is 4.24. The molecule has 0 saturated heterocycles. The van der Waals surface area contributed by atoms with Crippen LogP contribution in [0.25, 0.3) is 0 Å². The van der Waals surface area contributed by atoms with Crippen molar-refractivity contribution in [3.8, 4) is 0 Å². The summed E-state index contributed by atoms with van der Waals surface area (Å²) in [6.45, 7) is 0. The Hall–Kier alpha value is -1.66. The first-order chi connectivity index (χ1) is 8.63. The van der Waals surface area contributed by atoms with Crippen molar-refractivity contribution in [3.05, 3.63) is 46.0 Å². The predicted molar refractivity (Wildman–Crippen MR) is 71.1 cm³/mol. The van der Waals surface area contributed by atoms with E-state index in [4.69, 9.17) is 5.73 Å². The molecule has 1 aromatic carbocycles. The highest BCUT2D eigenvalue weighted by atomic mass is 79.9. The number of anilines is 1. The van der Waals surface area contributed by atoms with Gasteiger partial charge in [0.1, 0.15) is 10.4 Å². The molecule has 3 rings (SSSR count). The molecule has 1 amide bonds. The van der Waals surface area contributed by atoms with Gasteiger partial charge >= 0.3 is 0 Å². The normalized spacial score (nSPS) is 15.3. The lowest BCUT2D eigenvalue weighted by molar-refractivity contribution is -0.115. The summed E-state index contributed by atoms with van der Waals surface area (Å²) in [5.41, 5.74) is 8.93. The third-order valence-electron chi connectivity index (χ3n) is 2.97. The molecule has 5 nitrogen and oxygen atoms in total. The second-order valence-corrected chi connectivity index (χ2v) is 5.09. The number of carbonyl (C=O) groups excluding carboxylic acids is 1. The minimum atomic E-state index is -0.322. The molecule has 18 heavy (non-hydrogen) atoms. The number of hydrogen-bond acceptors (Lipinski definition) is 3. The van der Waals surface area contributed by atoms with Gasteiger partial charge in [0.2, 0.25) is 5.91 Å². The van der Waals surface area contributed by atoms with Crippen LogP contribution in [0, 0.1) is 0 Å². The molecule has 1 aliphatic heterocycles. The Morgan fingerprint density at radius 3 is 3.00 bits per heavy atom. The smallest absolute Gasteiger partial charge is 0.228 e. The second kappa shape index (κ2) is 4.22. The van der Waals surface area contributed by atoms with E-state index in [0.717, 1.165) is 21.4 Å². The zero-order valence-electron chi connectivity index (χ0n) is 9.40. The number of imidazole rings is 1. The van der Waals surface area contributed by atoms with Gasteiger partial charge in [0, 0.05) is 5.69 Å². The summed E-state index contributed by atoms with van der Waals surface area (Å²) in [6, 6.07) is 5.42. The molecule has 1 aliphatic rings. The van der Waals surface area contributed by atoms with Gasteiger partial charge in [0.25, 0.3) is 0 Å². The molecule has 1 unspecified atom stereocenters. The lowest BCUT2D eigenvalue weighted by Crippen LogP contribution is -2.13. The molecule has 0 bridgehead atoms. The fourth-order valence-electron chi connectivity index (χ4n) is 2.07. The molecule has 0 saturated carbocycles. The minimum Gasteiger partial charge on any atom is -0.335 e. The van der Waals surface area contributed by atoms with Gasteiger partial charge in [0.05, 0.1) is 18.7 Å². The number of carbonyl (C=O) groups is 1. The van der Waals surface area contributed by atoms with Crippen LogP contribution in [-0.4, -0.2) is 15.9 Å². The van der Waals surface area contributed by atoms with Crippen LogP contribution >= 0.6 is 15.9 Å². The van der Waals surface area contributed by atoms with Crippen molar-refractivity contribution in [1.82, 2.24) is 9.97 Å². The number of fused-ring (bicyclic) bond motifs is 1. The standard InChI is InChI=1S/C12H11BrN4O/c13-9-5-15-12(17-9)11(14)6-1-2-8-7(3-6)4-10(18)16-8/h1-3,5,11H,4,14H2,(H,15,17)(H,16,18). The lowest BCUT2D eigenvalue weighted by Gasteiger charge is -2.10. The van der Waals surface area contributed by atoms with E-state index in [2.05, 4.69) is 31.2 Å². The van der Waals surface area contributed by atoms with Crippen molar-refractivity contribution in [2.75, 3.05) is 5.32 Å². The number of aromatic nitrogens is 2. The molecule has 4 N–H and O–H groups in total. The molecule has 0 fully saturated rings. The van der Waals surface area contributed by atoms with Crippen LogP contribution in [0.5, 0.6) is 0 Å². The maximum Gasteiger partial charge on any atom is 0.228 e. The zero-order chi connectivity index (χ0) is 12.7. The van der Waals surface area contributed by atoms with Crippen LogP contribution in [0.4, 0.5) is 5.69 Å². The van der Waals surface area contributed by atoms with Crippen molar-refractivity contribution in [2.45, 2.75) is 12.5 Å². The van der Waals surface area contributed by atoms with E-state index in [9.17, 15) is 4.79 Å². The Labute approximate surface area is 112 Å². The monoisotopic (exact) mass is 306 g/mol. The highest BCUT2D eigenvalue weighted by molar-refractivity contribution is 9.10. The Bertz CT molecular complexity index is 622. The average Bonchev–Trinajstić information content (AvgIpc) is 2.92. The van der Waals surface area contributed by atoms with Gasteiger partial charge in [-0.25, -0.2) is 4.98 Å². The fraction of sp³-hybridized carbons (Fsp3) is 0.167. The Balaban J connectivity index is 1.94. The molecule has 0 aliphatic carbocycles. The van der Waals surface area contributed by atoms with E-state index >= 15 is 0 Å². The summed E-state index contributed by atoms with van der Waals surface area (Å²) in [6.07, 6.45) is 2.09. The first kappa shape index (κ1) is 11.4. The van der Waals surface area contributed by atoms with Crippen LogP contribution in [0.1, 0.15) is 23.0 Å². The van der Waals surface area contributed by atoms with E-state index in [1.165, 1.54) is 0 Å². The third kappa shape index (κ3) is 1.93. The number of aromatic amines is 1.